The first-order valence-corrected chi connectivity index (χ1v) is 9.32. The molecule has 0 saturated heterocycles. The van der Waals surface area contributed by atoms with E-state index in [-0.39, 0.29) is 19.1 Å². The van der Waals surface area contributed by atoms with Gasteiger partial charge in [-0.1, -0.05) is 42.5 Å². The lowest BCUT2D eigenvalue weighted by atomic mass is 10.1. The maximum atomic E-state index is 12.2. The van der Waals surface area contributed by atoms with Gasteiger partial charge in [-0.2, -0.15) is 0 Å². The molecule has 6 heteroatoms. The van der Waals surface area contributed by atoms with Crippen LogP contribution >= 0.6 is 0 Å². The molecular formula is C23H27NO5. The second-order valence-electron chi connectivity index (χ2n) is 6.54. The molecule has 1 amide bonds. The monoisotopic (exact) mass is 397 g/mol. The normalized spacial score (nSPS) is 10.6. The third kappa shape index (κ3) is 6.68. The molecule has 0 fully saturated rings. The first kappa shape index (κ1) is 22.0. The van der Waals surface area contributed by atoms with Crippen molar-refractivity contribution in [3.63, 3.8) is 0 Å². The number of aryl methyl sites for hydroxylation is 1. The predicted molar refractivity (Wildman–Crippen MR) is 112 cm³/mol. The van der Waals surface area contributed by atoms with Gasteiger partial charge in [-0.25, -0.2) is 4.79 Å². The number of rotatable bonds is 9. The maximum absolute atomic E-state index is 12.2. The lowest BCUT2D eigenvalue weighted by Gasteiger charge is -2.18. The number of hydrogen-bond acceptors (Lipinski definition) is 5. The van der Waals surface area contributed by atoms with Crippen LogP contribution in [0.25, 0.3) is 6.08 Å². The summed E-state index contributed by atoms with van der Waals surface area (Å²) in [4.78, 5) is 25.7. The van der Waals surface area contributed by atoms with E-state index in [0.717, 1.165) is 16.7 Å². The molecule has 2 aromatic rings. The van der Waals surface area contributed by atoms with Gasteiger partial charge in [0.25, 0.3) is 5.91 Å². The molecule has 0 bridgehead atoms. The molecule has 0 radical (unpaired) electrons. The standard InChI is InChI=1S/C23H27NO5/c1-5-8-18-11-12-20(21(13-18)27-4)28-16-23(26)29-15-22(25)24(3)14-19-10-7-6-9-17(19)2/h5-13H,14-16H2,1-4H3/b8-5+. The molecule has 0 atom stereocenters. The molecule has 0 unspecified atom stereocenters. The Morgan fingerprint density at radius 1 is 1.07 bits per heavy atom. The van der Waals surface area contributed by atoms with Gasteiger partial charge in [0.1, 0.15) is 0 Å². The van der Waals surface area contributed by atoms with Crippen LogP contribution in [0.4, 0.5) is 0 Å². The molecule has 0 aliphatic heterocycles. The van der Waals surface area contributed by atoms with Gasteiger partial charge in [-0.05, 0) is 42.7 Å². The summed E-state index contributed by atoms with van der Waals surface area (Å²) in [6.07, 6.45) is 3.85. The molecule has 0 N–H and O–H groups in total. The number of nitrogens with zero attached hydrogens (tertiary/aromatic N) is 1. The van der Waals surface area contributed by atoms with Crippen LogP contribution in [0, 0.1) is 6.92 Å². The third-order valence-electron chi connectivity index (χ3n) is 4.34. The number of methoxy groups -OCH3 is 1. The fraction of sp³-hybridized carbons (Fsp3) is 0.304. The van der Waals surface area contributed by atoms with Crippen molar-refractivity contribution < 1.29 is 23.8 Å². The number of hydrogen-bond donors (Lipinski definition) is 0. The lowest BCUT2D eigenvalue weighted by molar-refractivity contribution is -0.153. The Balaban J connectivity index is 1.82. The Hall–Kier alpha value is -3.28. The van der Waals surface area contributed by atoms with E-state index in [1.165, 1.54) is 12.0 Å². The van der Waals surface area contributed by atoms with E-state index in [1.807, 2.05) is 62.4 Å². The van der Waals surface area contributed by atoms with Crippen molar-refractivity contribution in [1.29, 1.82) is 0 Å². The SMILES string of the molecule is C/C=C/c1ccc(OCC(=O)OCC(=O)N(C)Cc2ccccc2C)c(OC)c1. The van der Waals surface area contributed by atoms with Crippen molar-refractivity contribution in [1.82, 2.24) is 4.90 Å². The molecule has 0 aliphatic rings. The zero-order valence-corrected chi connectivity index (χ0v) is 17.3. The van der Waals surface area contributed by atoms with Crippen LogP contribution in [0.15, 0.2) is 48.5 Å². The fourth-order valence-corrected chi connectivity index (χ4v) is 2.66. The molecular weight excluding hydrogens is 370 g/mol. The highest BCUT2D eigenvalue weighted by Gasteiger charge is 2.14. The second-order valence-corrected chi connectivity index (χ2v) is 6.54. The maximum Gasteiger partial charge on any atom is 0.344 e. The van der Waals surface area contributed by atoms with Gasteiger partial charge in [-0.15, -0.1) is 0 Å². The largest absolute Gasteiger partial charge is 0.493 e. The van der Waals surface area contributed by atoms with Gasteiger partial charge in [0.05, 0.1) is 7.11 Å². The van der Waals surface area contributed by atoms with Gasteiger partial charge in [0.2, 0.25) is 0 Å². The van der Waals surface area contributed by atoms with Crippen LogP contribution in [0.1, 0.15) is 23.6 Å². The minimum atomic E-state index is -0.623. The van der Waals surface area contributed by atoms with Crippen LogP contribution in [0.5, 0.6) is 11.5 Å². The van der Waals surface area contributed by atoms with E-state index in [2.05, 4.69) is 0 Å². The third-order valence-corrected chi connectivity index (χ3v) is 4.34. The molecule has 0 saturated carbocycles. The molecule has 0 spiro atoms. The first-order valence-electron chi connectivity index (χ1n) is 9.32. The van der Waals surface area contributed by atoms with Gasteiger partial charge in [0.15, 0.2) is 24.7 Å². The molecule has 0 heterocycles. The summed E-state index contributed by atoms with van der Waals surface area (Å²) >= 11 is 0. The number of carbonyl (C=O) groups is 2. The quantitative estimate of drug-likeness (QED) is 0.605. The molecule has 29 heavy (non-hydrogen) atoms. The zero-order valence-electron chi connectivity index (χ0n) is 17.3. The van der Waals surface area contributed by atoms with E-state index in [0.29, 0.717) is 18.0 Å². The van der Waals surface area contributed by atoms with Crippen molar-refractivity contribution in [2.45, 2.75) is 20.4 Å². The molecule has 0 aliphatic carbocycles. The van der Waals surface area contributed by atoms with Crippen LogP contribution in [-0.2, 0) is 20.9 Å². The summed E-state index contributed by atoms with van der Waals surface area (Å²) in [6, 6.07) is 13.2. The smallest absolute Gasteiger partial charge is 0.344 e. The summed E-state index contributed by atoms with van der Waals surface area (Å²) < 4.78 is 15.8. The van der Waals surface area contributed by atoms with Gasteiger partial charge in [-0.3, -0.25) is 4.79 Å². The molecule has 2 rings (SSSR count). The summed E-state index contributed by atoms with van der Waals surface area (Å²) in [5, 5.41) is 0. The Bertz CT molecular complexity index is 875. The van der Waals surface area contributed by atoms with Crippen molar-refractivity contribution in [3.05, 3.63) is 65.2 Å². The van der Waals surface area contributed by atoms with Crippen LogP contribution in [-0.4, -0.2) is 44.1 Å². The highest BCUT2D eigenvalue weighted by molar-refractivity contribution is 5.81. The molecule has 0 aromatic heterocycles. The second kappa shape index (κ2) is 10.9. The molecule has 154 valence electrons. The Morgan fingerprint density at radius 3 is 2.52 bits per heavy atom. The highest BCUT2D eigenvalue weighted by Crippen LogP contribution is 2.28. The zero-order chi connectivity index (χ0) is 21.2. The first-order chi connectivity index (χ1) is 13.9. The van der Waals surface area contributed by atoms with Gasteiger partial charge < -0.3 is 19.1 Å². The topological polar surface area (TPSA) is 65.1 Å². The summed E-state index contributed by atoms with van der Waals surface area (Å²) in [5.41, 5.74) is 3.11. The summed E-state index contributed by atoms with van der Waals surface area (Å²) in [7, 11) is 3.21. The molecule has 2 aromatic carbocycles. The number of allylic oxidation sites excluding steroid dienone is 1. The Morgan fingerprint density at radius 2 is 1.83 bits per heavy atom. The number of likely N-dealkylation sites (N-methyl/N-ethyl adjacent to an activating group) is 1. The van der Waals surface area contributed by atoms with Gasteiger partial charge >= 0.3 is 5.97 Å². The van der Waals surface area contributed by atoms with E-state index in [1.54, 1.807) is 13.1 Å². The number of carbonyl (C=O) groups excluding carboxylic acids is 2. The van der Waals surface area contributed by atoms with Crippen molar-refractivity contribution in [2.75, 3.05) is 27.4 Å². The van der Waals surface area contributed by atoms with Crippen LogP contribution < -0.4 is 9.47 Å². The fourth-order valence-electron chi connectivity index (χ4n) is 2.66. The highest BCUT2D eigenvalue weighted by atomic mass is 16.6. The van der Waals surface area contributed by atoms with Crippen LogP contribution in [0.3, 0.4) is 0 Å². The summed E-state index contributed by atoms with van der Waals surface area (Å²) in [5.74, 6) is 0.0419. The Labute approximate surface area is 171 Å². The van der Waals surface area contributed by atoms with Crippen LogP contribution in [0.2, 0.25) is 0 Å². The summed E-state index contributed by atoms with van der Waals surface area (Å²) in [6.45, 7) is 3.72. The number of ether oxygens (including phenoxy) is 3. The number of esters is 1. The van der Waals surface area contributed by atoms with Crippen molar-refractivity contribution in [2.24, 2.45) is 0 Å². The minimum Gasteiger partial charge on any atom is -0.493 e. The average Bonchev–Trinajstić information content (AvgIpc) is 2.72. The Kier molecular flexibility index (Phi) is 8.27. The molecule has 6 nitrogen and oxygen atoms in total. The average molecular weight is 397 g/mol. The van der Waals surface area contributed by atoms with E-state index in [4.69, 9.17) is 14.2 Å². The lowest BCUT2D eigenvalue weighted by Crippen LogP contribution is -2.31. The van der Waals surface area contributed by atoms with E-state index in [9.17, 15) is 9.59 Å². The van der Waals surface area contributed by atoms with Crippen molar-refractivity contribution in [3.8, 4) is 11.5 Å². The van der Waals surface area contributed by atoms with E-state index < -0.39 is 5.97 Å². The number of amides is 1. The van der Waals surface area contributed by atoms with E-state index >= 15 is 0 Å². The minimum absolute atomic E-state index is 0.283. The van der Waals surface area contributed by atoms with Gasteiger partial charge in [0, 0.05) is 13.6 Å². The number of benzene rings is 2. The van der Waals surface area contributed by atoms with Crippen molar-refractivity contribution >= 4 is 18.0 Å². The predicted octanol–water partition coefficient (Wildman–Crippen LogP) is 3.62.